The number of hydrogen-bond donors (Lipinski definition) is 0. The minimum absolute atomic E-state index is 0.0245. The first-order chi connectivity index (χ1) is 11.6. The van der Waals surface area contributed by atoms with Crippen molar-refractivity contribution in [3.63, 3.8) is 0 Å². The fraction of sp³-hybridized carbons (Fsp3) is 0.500. The molecule has 0 unspecified atom stereocenters. The fourth-order valence-electron chi connectivity index (χ4n) is 3.83. The highest BCUT2D eigenvalue weighted by Gasteiger charge is 2.50. The van der Waals surface area contributed by atoms with Crippen LogP contribution in [0.15, 0.2) is 42.5 Å². The van der Waals surface area contributed by atoms with Crippen molar-refractivity contribution in [2.24, 2.45) is 11.3 Å². The largest absolute Gasteiger partial charge is 0.465 e. The molecule has 1 aromatic rings. The second kappa shape index (κ2) is 7.31. The second-order valence-corrected chi connectivity index (χ2v) is 6.65. The molecule has 0 aliphatic heterocycles. The monoisotopic (exact) mass is 328 g/mol. The fourth-order valence-corrected chi connectivity index (χ4v) is 3.83. The van der Waals surface area contributed by atoms with Crippen LogP contribution in [-0.2, 0) is 25.7 Å². The topological polar surface area (TPSA) is 52.6 Å². The second-order valence-electron chi connectivity index (χ2n) is 6.65. The summed E-state index contributed by atoms with van der Waals surface area (Å²) in [6.45, 7) is 2.74. The van der Waals surface area contributed by atoms with Crippen LogP contribution in [0, 0.1) is 11.3 Å². The van der Waals surface area contributed by atoms with Gasteiger partial charge in [0.2, 0.25) is 0 Å². The molecule has 4 heteroatoms. The molecule has 0 aromatic heterocycles. The van der Waals surface area contributed by atoms with Gasteiger partial charge in [-0.3, -0.25) is 9.59 Å². The molecule has 3 atom stereocenters. The third-order valence-corrected chi connectivity index (χ3v) is 5.15. The van der Waals surface area contributed by atoms with E-state index in [0.29, 0.717) is 26.1 Å². The lowest BCUT2D eigenvalue weighted by atomic mass is 9.61. The summed E-state index contributed by atoms with van der Waals surface area (Å²) in [5.41, 5.74) is 0.496. The van der Waals surface area contributed by atoms with Crippen molar-refractivity contribution in [3.8, 4) is 0 Å². The van der Waals surface area contributed by atoms with E-state index in [-0.39, 0.29) is 23.8 Å². The van der Waals surface area contributed by atoms with Crippen LogP contribution in [0.2, 0.25) is 0 Å². The Kier molecular flexibility index (Phi) is 5.14. The Morgan fingerprint density at radius 1 is 1.29 bits per heavy atom. The predicted octanol–water partition coefficient (Wildman–Crippen LogP) is 3.45. The van der Waals surface area contributed by atoms with Crippen LogP contribution in [0.3, 0.4) is 0 Å². The molecule has 1 aromatic carbocycles. The van der Waals surface area contributed by atoms with Crippen LogP contribution in [0.1, 0.15) is 38.2 Å². The van der Waals surface area contributed by atoms with Gasteiger partial charge >= 0.3 is 5.97 Å². The van der Waals surface area contributed by atoms with Crippen LogP contribution < -0.4 is 0 Å². The molecule has 0 saturated heterocycles. The van der Waals surface area contributed by atoms with E-state index in [1.807, 2.05) is 37.3 Å². The molecule has 128 valence electrons. The number of rotatable bonds is 5. The van der Waals surface area contributed by atoms with E-state index in [1.165, 1.54) is 0 Å². The highest BCUT2D eigenvalue weighted by Crippen LogP contribution is 2.48. The number of hydrogen-bond acceptors (Lipinski definition) is 4. The van der Waals surface area contributed by atoms with Crippen LogP contribution in [0.25, 0.3) is 0 Å². The Hall–Kier alpha value is -1.94. The van der Waals surface area contributed by atoms with E-state index < -0.39 is 5.41 Å². The lowest BCUT2D eigenvalue weighted by Crippen LogP contribution is -2.47. The van der Waals surface area contributed by atoms with Gasteiger partial charge in [-0.25, -0.2) is 0 Å². The Bertz CT molecular complexity index is 622. The van der Waals surface area contributed by atoms with Gasteiger partial charge in [-0.05, 0) is 43.7 Å². The Labute approximate surface area is 142 Å². The van der Waals surface area contributed by atoms with Crippen LogP contribution >= 0.6 is 0 Å². The Morgan fingerprint density at radius 2 is 2.08 bits per heavy atom. The molecule has 2 aliphatic rings. The van der Waals surface area contributed by atoms with Gasteiger partial charge in [0.1, 0.15) is 0 Å². The number of benzene rings is 1. The number of ketones is 1. The molecule has 2 aliphatic carbocycles. The molecular formula is C20H24O4. The van der Waals surface area contributed by atoms with Gasteiger partial charge in [0.15, 0.2) is 5.78 Å². The first-order valence-electron chi connectivity index (χ1n) is 8.69. The molecule has 3 rings (SSSR count). The minimum atomic E-state index is -0.642. The van der Waals surface area contributed by atoms with Crippen LogP contribution in [0.5, 0.6) is 0 Å². The van der Waals surface area contributed by atoms with E-state index in [4.69, 9.17) is 9.47 Å². The zero-order valence-corrected chi connectivity index (χ0v) is 14.1. The van der Waals surface area contributed by atoms with Gasteiger partial charge in [0, 0.05) is 6.42 Å². The molecule has 0 N–H and O–H groups in total. The van der Waals surface area contributed by atoms with E-state index in [9.17, 15) is 9.59 Å². The van der Waals surface area contributed by atoms with Gasteiger partial charge in [-0.2, -0.15) is 0 Å². The first kappa shape index (κ1) is 16.9. The lowest BCUT2D eigenvalue weighted by Gasteiger charge is -2.44. The van der Waals surface area contributed by atoms with Gasteiger partial charge in [0.05, 0.1) is 24.7 Å². The van der Waals surface area contributed by atoms with Crippen LogP contribution in [-0.4, -0.2) is 24.5 Å². The average Bonchev–Trinajstić information content (AvgIpc) is 2.60. The van der Waals surface area contributed by atoms with E-state index in [1.54, 1.807) is 12.2 Å². The maximum atomic E-state index is 12.5. The number of esters is 1. The summed E-state index contributed by atoms with van der Waals surface area (Å²) in [7, 11) is 0. The third-order valence-electron chi connectivity index (χ3n) is 5.15. The zero-order valence-electron chi connectivity index (χ0n) is 14.1. The Morgan fingerprint density at radius 3 is 2.83 bits per heavy atom. The quantitative estimate of drug-likeness (QED) is 0.777. The zero-order chi connectivity index (χ0) is 17.0. The molecule has 24 heavy (non-hydrogen) atoms. The minimum Gasteiger partial charge on any atom is -0.465 e. The number of carbonyl (C=O) groups is 2. The van der Waals surface area contributed by atoms with Crippen molar-refractivity contribution in [2.45, 2.75) is 45.3 Å². The van der Waals surface area contributed by atoms with Crippen molar-refractivity contribution in [2.75, 3.05) is 6.61 Å². The summed E-state index contributed by atoms with van der Waals surface area (Å²) in [6, 6.07) is 10.1. The van der Waals surface area contributed by atoms with E-state index in [2.05, 4.69) is 0 Å². The molecule has 0 amide bonds. The number of carbonyl (C=O) groups excluding carboxylic acids is 2. The maximum absolute atomic E-state index is 12.5. The SMILES string of the molecule is CCOC(=O)[C@@]12C=CC(=O)C[C@H]1C[C@@H](OCc1ccccc1)CC2. The van der Waals surface area contributed by atoms with Crippen molar-refractivity contribution in [3.05, 3.63) is 48.0 Å². The third kappa shape index (κ3) is 3.44. The number of ether oxygens (including phenoxy) is 2. The molecule has 0 radical (unpaired) electrons. The van der Waals surface area contributed by atoms with Gasteiger partial charge in [-0.15, -0.1) is 0 Å². The smallest absolute Gasteiger partial charge is 0.316 e. The molecule has 1 fully saturated rings. The number of allylic oxidation sites excluding steroid dienone is 1. The lowest BCUT2D eigenvalue weighted by molar-refractivity contribution is -0.161. The molecule has 1 saturated carbocycles. The average molecular weight is 328 g/mol. The summed E-state index contributed by atoms with van der Waals surface area (Å²) in [5, 5.41) is 0. The normalized spacial score (nSPS) is 29.1. The summed E-state index contributed by atoms with van der Waals surface area (Å²) in [5.74, 6) is -0.132. The first-order valence-corrected chi connectivity index (χ1v) is 8.69. The van der Waals surface area contributed by atoms with Crippen molar-refractivity contribution in [1.82, 2.24) is 0 Å². The van der Waals surface area contributed by atoms with E-state index >= 15 is 0 Å². The predicted molar refractivity (Wildman–Crippen MR) is 90.2 cm³/mol. The molecule has 4 nitrogen and oxygen atoms in total. The summed E-state index contributed by atoms with van der Waals surface area (Å²) >= 11 is 0. The molecule has 0 heterocycles. The highest BCUT2D eigenvalue weighted by molar-refractivity contribution is 5.94. The van der Waals surface area contributed by atoms with Gasteiger partial charge in [0.25, 0.3) is 0 Å². The number of fused-ring (bicyclic) bond motifs is 1. The standard InChI is InChI=1S/C20H24O4/c1-2-23-19(22)20-10-8-17(21)12-16(20)13-18(9-11-20)24-14-15-6-4-3-5-7-15/h3-8,10,16,18H,2,9,11-14H2,1H3/t16-,18-,20+/m0/s1. The van der Waals surface area contributed by atoms with Crippen molar-refractivity contribution in [1.29, 1.82) is 0 Å². The summed E-state index contributed by atoms with van der Waals surface area (Å²) < 4.78 is 11.3. The van der Waals surface area contributed by atoms with Crippen LogP contribution in [0.4, 0.5) is 0 Å². The highest BCUT2D eigenvalue weighted by atomic mass is 16.5. The summed E-state index contributed by atoms with van der Waals surface area (Å²) in [6.07, 6.45) is 6.04. The Balaban J connectivity index is 1.68. The van der Waals surface area contributed by atoms with Gasteiger partial charge in [-0.1, -0.05) is 36.4 Å². The van der Waals surface area contributed by atoms with E-state index in [0.717, 1.165) is 18.4 Å². The summed E-state index contributed by atoms with van der Waals surface area (Å²) in [4.78, 5) is 24.4. The maximum Gasteiger partial charge on any atom is 0.316 e. The molecule has 0 spiro atoms. The molecular weight excluding hydrogens is 304 g/mol. The van der Waals surface area contributed by atoms with Crippen molar-refractivity contribution >= 4 is 11.8 Å². The van der Waals surface area contributed by atoms with Gasteiger partial charge < -0.3 is 9.47 Å². The van der Waals surface area contributed by atoms with Crippen molar-refractivity contribution < 1.29 is 19.1 Å². The molecule has 0 bridgehead atoms.